The molecule has 3 rings (SSSR count). The summed E-state index contributed by atoms with van der Waals surface area (Å²) in [6, 6.07) is 17.8. The molecule has 0 spiro atoms. The summed E-state index contributed by atoms with van der Waals surface area (Å²) >= 11 is 0. The van der Waals surface area contributed by atoms with Crippen molar-refractivity contribution in [3.05, 3.63) is 60.6 Å². The van der Waals surface area contributed by atoms with E-state index in [0.717, 1.165) is 35.5 Å². The fraction of sp³-hybridized carbons (Fsp3) is 0.273. The fourth-order valence-electron chi connectivity index (χ4n) is 2.75. The molecular weight excluding hydrogens is 336 g/mol. The van der Waals surface area contributed by atoms with Crippen LogP contribution in [-0.2, 0) is 7.05 Å². The smallest absolute Gasteiger partial charge is 0.153 e. The molecule has 1 N–H and O–H groups in total. The second-order valence-corrected chi connectivity index (χ2v) is 6.85. The zero-order chi connectivity index (χ0) is 19.2. The first-order valence-electron chi connectivity index (χ1n) is 9.10. The van der Waals surface area contributed by atoms with Gasteiger partial charge < -0.3 is 14.6 Å². The molecule has 0 aliphatic heterocycles. The molecule has 1 aromatic heterocycles. The highest BCUT2D eigenvalue weighted by Gasteiger charge is 2.11. The van der Waals surface area contributed by atoms with Crippen molar-refractivity contribution in [3.63, 3.8) is 0 Å². The average Bonchev–Trinajstić information content (AvgIpc) is 3.00. The standard InChI is InChI=1S/C22H24N4O/c1-16(2)12-13-27-19-10-8-18(9-11-19)24-15-17(14-23)22-25-20-6-4-5-7-21(20)26(22)3/h4-11,15-16,24H,12-13H2,1-3H3. The Morgan fingerprint density at radius 3 is 2.63 bits per heavy atom. The van der Waals surface area contributed by atoms with Crippen LogP contribution in [0.25, 0.3) is 16.6 Å². The van der Waals surface area contributed by atoms with Crippen LogP contribution in [0.1, 0.15) is 26.1 Å². The SMILES string of the molecule is CC(C)CCOc1ccc(NC=C(C#N)c2nc3ccccc3n2C)cc1. The number of nitrogens with zero attached hydrogens (tertiary/aromatic N) is 3. The third kappa shape index (κ3) is 4.48. The lowest BCUT2D eigenvalue weighted by atomic mass is 10.1. The van der Waals surface area contributed by atoms with E-state index in [4.69, 9.17) is 4.74 Å². The van der Waals surface area contributed by atoms with Crippen LogP contribution in [-0.4, -0.2) is 16.2 Å². The van der Waals surface area contributed by atoms with Gasteiger partial charge in [0.2, 0.25) is 0 Å². The number of benzene rings is 2. The maximum atomic E-state index is 9.56. The highest BCUT2D eigenvalue weighted by atomic mass is 16.5. The van der Waals surface area contributed by atoms with E-state index < -0.39 is 0 Å². The number of anilines is 1. The molecule has 0 atom stereocenters. The minimum atomic E-state index is 0.478. The number of fused-ring (bicyclic) bond motifs is 1. The van der Waals surface area contributed by atoms with Gasteiger partial charge in [-0.2, -0.15) is 5.26 Å². The van der Waals surface area contributed by atoms with E-state index in [0.29, 0.717) is 17.3 Å². The first kappa shape index (κ1) is 18.5. The molecule has 0 saturated heterocycles. The number of hydrogen-bond acceptors (Lipinski definition) is 4. The molecular formula is C22H24N4O. The van der Waals surface area contributed by atoms with Crippen molar-refractivity contribution >= 4 is 22.3 Å². The third-order valence-corrected chi connectivity index (χ3v) is 4.35. The monoisotopic (exact) mass is 360 g/mol. The minimum absolute atomic E-state index is 0.478. The van der Waals surface area contributed by atoms with Crippen molar-refractivity contribution in [2.45, 2.75) is 20.3 Å². The number of imidazole rings is 1. The van der Waals surface area contributed by atoms with E-state index in [2.05, 4.69) is 30.2 Å². The van der Waals surface area contributed by atoms with E-state index in [1.807, 2.05) is 60.1 Å². The van der Waals surface area contributed by atoms with Crippen LogP contribution in [0.4, 0.5) is 5.69 Å². The summed E-state index contributed by atoms with van der Waals surface area (Å²) in [5, 5.41) is 12.7. The highest BCUT2D eigenvalue weighted by Crippen LogP contribution is 2.21. The van der Waals surface area contributed by atoms with Crippen LogP contribution in [0.15, 0.2) is 54.7 Å². The molecule has 5 nitrogen and oxygen atoms in total. The molecule has 1 heterocycles. The molecule has 138 valence electrons. The highest BCUT2D eigenvalue weighted by molar-refractivity contribution is 5.83. The predicted molar refractivity (Wildman–Crippen MR) is 109 cm³/mol. The zero-order valence-corrected chi connectivity index (χ0v) is 15.9. The molecule has 2 aromatic carbocycles. The van der Waals surface area contributed by atoms with Crippen LogP contribution < -0.4 is 10.1 Å². The van der Waals surface area contributed by atoms with Gasteiger partial charge in [0, 0.05) is 18.9 Å². The third-order valence-electron chi connectivity index (χ3n) is 4.35. The molecule has 0 radical (unpaired) electrons. The number of nitrogens with one attached hydrogen (secondary N) is 1. The topological polar surface area (TPSA) is 62.9 Å². The zero-order valence-electron chi connectivity index (χ0n) is 15.9. The number of allylic oxidation sites excluding steroid dienone is 1. The number of aromatic nitrogens is 2. The molecule has 0 bridgehead atoms. The minimum Gasteiger partial charge on any atom is -0.494 e. The summed E-state index contributed by atoms with van der Waals surface area (Å²) in [5.74, 6) is 2.11. The lowest BCUT2D eigenvalue weighted by molar-refractivity contribution is 0.289. The van der Waals surface area contributed by atoms with Gasteiger partial charge in [-0.1, -0.05) is 26.0 Å². The first-order valence-corrected chi connectivity index (χ1v) is 9.10. The van der Waals surface area contributed by atoms with E-state index in [9.17, 15) is 5.26 Å². The molecule has 0 aliphatic carbocycles. The number of para-hydroxylation sites is 2. The van der Waals surface area contributed by atoms with Crippen LogP contribution in [0.3, 0.4) is 0 Å². The van der Waals surface area contributed by atoms with E-state index in [1.165, 1.54) is 0 Å². The van der Waals surface area contributed by atoms with Crippen LogP contribution in [0.2, 0.25) is 0 Å². The van der Waals surface area contributed by atoms with Crippen molar-refractivity contribution in [3.8, 4) is 11.8 Å². The predicted octanol–water partition coefficient (Wildman–Crippen LogP) is 4.97. The van der Waals surface area contributed by atoms with Crippen molar-refractivity contribution in [1.82, 2.24) is 9.55 Å². The Morgan fingerprint density at radius 2 is 1.96 bits per heavy atom. The number of ether oxygens (including phenoxy) is 1. The van der Waals surface area contributed by atoms with Gasteiger partial charge in [-0.05, 0) is 48.7 Å². The van der Waals surface area contributed by atoms with Gasteiger partial charge in [0.05, 0.1) is 17.6 Å². The fourth-order valence-corrected chi connectivity index (χ4v) is 2.75. The number of hydrogen-bond donors (Lipinski definition) is 1. The van der Waals surface area contributed by atoms with Gasteiger partial charge in [-0.15, -0.1) is 0 Å². The van der Waals surface area contributed by atoms with Crippen molar-refractivity contribution in [1.29, 1.82) is 5.26 Å². The largest absolute Gasteiger partial charge is 0.494 e. The molecule has 0 unspecified atom stereocenters. The Labute approximate surface area is 159 Å². The molecule has 0 amide bonds. The van der Waals surface area contributed by atoms with Crippen LogP contribution >= 0.6 is 0 Å². The normalized spacial score (nSPS) is 11.6. The van der Waals surface area contributed by atoms with E-state index >= 15 is 0 Å². The summed E-state index contributed by atoms with van der Waals surface area (Å²) in [4.78, 5) is 4.57. The molecule has 0 aliphatic rings. The van der Waals surface area contributed by atoms with Gasteiger partial charge in [0.1, 0.15) is 17.4 Å². The van der Waals surface area contributed by atoms with Gasteiger partial charge in [0.25, 0.3) is 0 Å². The molecule has 5 heteroatoms. The summed E-state index contributed by atoms with van der Waals surface area (Å²) in [6.07, 6.45) is 2.72. The Hall–Kier alpha value is -3.26. The van der Waals surface area contributed by atoms with Crippen molar-refractivity contribution < 1.29 is 4.74 Å². The Morgan fingerprint density at radius 1 is 1.22 bits per heavy atom. The van der Waals surface area contributed by atoms with Crippen molar-refractivity contribution in [2.24, 2.45) is 13.0 Å². The van der Waals surface area contributed by atoms with Crippen LogP contribution in [0.5, 0.6) is 5.75 Å². The van der Waals surface area contributed by atoms with Gasteiger partial charge in [-0.25, -0.2) is 4.98 Å². The Kier molecular flexibility index (Phi) is 5.77. The van der Waals surface area contributed by atoms with Crippen molar-refractivity contribution in [2.75, 3.05) is 11.9 Å². The van der Waals surface area contributed by atoms with Crippen LogP contribution in [0, 0.1) is 17.2 Å². The molecule has 0 fully saturated rings. The second-order valence-electron chi connectivity index (χ2n) is 6.85. The summed E-state index contributed by atoms with van der Waals surface area (Å²) in [6.45, 7) is 5.08. The number of aryl methyl sites for hydroxylation is 1. The summed E-state index contributed by atoms with van der Waals surface area (Å²) < 4.78 is 7.66. The lowest BCUT2D eigenvalue weighted by Crippen LogP contribution is -2.01. The summed E-state index contributed by atoms with van der Waals surface area (Å²) in [7, 11) is 1.92. The first-order chi connectivity index (χ1) is 13.1. The van der Waals surface area contributed by atoms with Gasteiger partial charge in [0.15, 0.2) is 5.82 Å². The quantitative estimate of drug-likeness (QED) is 0.604. The Bertz CT molecular complexity index is 978. The maximum Gasteiger partial charge on any atom is 0.153 e. The second kappa shape index (κ2) is 8.41. The Balaban J connectivity index is 1.71. The molecule has 3 aromatic rings. The van der Waals surface area contributed by atoms with Gasteiger partial charge in [-0.3, -0.25) is 0 Å². The summed E-state index contributed by atoms with van der Waals surface area (Å²) in [5.41, 5.74) is 3.24. The average molecular weight is 360 g/mol. The van der Waals surface area contributed by atoms with E-state index in [-0.39, 0.29) is 0 Å². The molecule has 0 saturated carbocycles. The number of rotatable bonds is 7. The number of nitriles is 1. The maximum absolute atomic E-state index is 9.56. The lowest BCUT2D eigenvalue weighted by Gasteiger charge is -2.09. The molecule has 27 heavy (non-hydrogen) atoms. The van der Waals surface area contributed by atoms with E-state index in [1.54, 1.807) is 6.20 Å². The van der Waals surface area contributed by atoms with Gasteiger partial charge >= 0.3 is 0 Å².